The predicted octanol–water partition coefficient (Wildman–Crippen LogP) is 5.06. The third-order valence-corrected chi connectivity index (χ3v) is 4.93. The number of methoxy groups -OCH3 is 2. The Balaban J connectivity index is 2.48. The largest absolute Gasteiger partial charge is 0.493 e. The molecule has 0 saturated heterocycles. The van der Waals surface area contributed by atoms with Crippen LogP contribution in [0.25, 0.3) is 0 Å². The van der Waals surface area contributed by atoms with Crippen LogP contribution in [-0.4, -0.2) is 14.2 Å². The average Bonchev–Trinajstić information content (AvgIpc) is 2.83. The first kappa shape index (κ1) is 14.5. The van der Waals surface area contributed by atoms with Crippen molar-refractivity contribution in [3.63, 3.8) is 0 Å². The molecule has 19 heavy (non-hydrogen) atoms. The predicted molar refractivity (Wildman–Crippen MR) is 81.3 cm³/mol. The van der Waals surface area contributed by atoms with Gasteiger partial charge in [0.1, 0.15) is 0 Å². The summed E-state index contributed by atoms with van der Waals surface area (Å²) in [6.45, 7) is 1.99. The molecule has 1 heterocycles. The highest BCUT2D eigenvalue weighted by atomic mass is 35.5. The van der Waals surface area contributed by atoms with Crippen LogP contribution in [-0.2, 0) is 0 Å². The van der Waals surface area contributed by atoms with Crippen LogP contribution in [0.2, 0.25) is 5.02 Å². The Hall–Kier alpha value is -0.900. The molecule has 0 aliphatic carbocycles. The molecule has 1 unspecified atom stereocenters. The highest BCUT2D eigenvalue weighted by Gasteiger charge is 2.20. The third-order valence-electron chi connectivity index (χ3n) is 2.92. The van der Waals surface area contributed by atoms with Crippen molar-refractivity contribution in [2.45, 2.75) is 12.3 Å². The fraction of sp³-hybridized carbons (Fsp3) is 0.286. The first-order valence-corrected chi connectivity index (χ1v) is 7.37. The number of thiophene rings is 1. The van der Waals surface area contributed by atoms with Crippen LogP contribution in [0.1, 0.15) is 21.4 Å². The fourth-order valence-electron chi connectivity index (χ4n) is 1.90. The zero-order valence-corrected chi connectivity index (χ0v) is 13.2. The van der Waals surface area contributed by atoms with E-state index in [2.05, 4.69) is 0 Å². The van der Waals surface area contributed by atoms with Crippen molar-refractivity contribution in [2.24, 2.45) is 0 Å². The van der Waals surface area contributed by atoms with Gasteiger partial charge in [0.25, 0.3) is 0 Å². The van der Waals surface area contributed by atoms with Crippen molar-refractivity contribution in [1.82, 2.24) is 0 Å². The maximum atomic E-state index is 6.54. The van der Waals surface area contributed by atoms with Gasteiger partial charge < -0.3 is 9.47 Å². The summed E-state index contributed by atoms with van der Waals surface area (Å²) >= 11 is 14.2. The number of hydrogen-bond donors (Lipinski definition) is 0. The molecule has 5 heteroatoms. The first-order valence-electron chi connectivity index (χ1n) is 5.68. The maximum absolute atomic E-state index is 6.54. The van der Waals surface area contributed by atoms with Crippen LogP contribution in [0.5, 0.6) is 11.5 Å². The van der Waals surface area contributed by atoms with Gasteiger partial charge in [-0.05, 0) is 41.6 Å². The van der Waals surface area contributed by atoms with Gasteiger partial charge in [-0.25, -0.2) is 0 Å². The molecular weight excluding hydrogens is 303 g/mol. The van der Waals surface area contributed by atoms with E-state index in [1.165, 1.54) is 0 Å². The molecule has 0 aliphatic rings. The van der Waals surface area contributed by atoms with E-state index in [9.17, 15) is 0 Å². The third kappa shape index (κ3) is 2.83. The molecule has 0 spiro atoms. The van der Waals surface area contributed by atoms with Crippen LogP contribution in [0.4, 0.5) is 0 Å². The summed E-state index contributed by atoms with van der Waals surface area (Å²) in [6.07, 6.45) is 0. The van der Waals surface area contributed by atoms with Gasteiger partial charge in [0.05, 0.1) is 24.6 Å². The van der Waals surface area contributed by atoms with Crippen molar-refractivity contribution >= 4 is 34.5 Å². The minimum atomic E-state index is -0.285. The van der Waals surface area contributed by atoms with E-state index in [-0.39, 0.29) is 5.38 Å². The van der Waals surface area contributed by atoms with Gasteiger partial charge in [0, 0.05) is 4.88 Å². The van der Waals surface area contributed by atoms with Gasteiger partial charge >= 0.3 is 0 Å². The molecule has 0 saturated carbocycles. The Morgan fingerprint density at radius 1 is 1.16 bits per heavy atom. The zero-order valence-electron chi connectivity index (χ0n) is 10.9. The fourth-order valence-corrected chi connectivity index (χ4v) is 3.62. The zero-order chi connectivity index (χ0) is 14.0. The smallest absolute Gasteiger partial charge is 0.161 e. The van der Waals surface area contributed by atoms with E-state index < -0.39 is 0 Å². The number of hydrogen-bond acceptors (Lipinski definition) is 3. The number of rotatable bonds is 4. The molecule has 1 aromatic carbocycles. The van der Waals surface area contributed by atoms with Crippen molar-refractivity contribution in [2.75, 3.05) is 14.2 Å². The Kier molecular flexibility index (Phi) is 4.61. The second kappa shape index (κ2) is 6.04. The lowest BCUT2D eigenvalue weighted by atomic mass is 10.0. The molecule has 1 atom stereocenters. The highest BCUT2D eigenvalue weighted by Crippen LogP contribution is 2.41. The van der Waals surface area contributed by atoms with E-state index in [1.54, 1.807) is 25.6 Å². The monoisotopic (exact) mass is 316 g/mol. The summed E-state index contributed by atoms with van der Waals surface area (Å²) in [5.74, 6) is 1.37. The quantitative estimate of drug-likeness (QED) is 0.734. The lowest BCUT2D eigenvalue weighted by Crippen LogP contribution is -1.98. The molecule has 2 rings (SSSR count). The van der Waals surface area contributed by atoms with Crippen molar-refractivity contribution in [1.29, 1.82) is 0 Å². The summed E-state index contributed by atoms with van der Waals surface area (Å²) < 4.78 is 10.6. The molecule has 0 N–H and O–H groups in total. The number of ether oxygens (including phenoxy) is 2. The maximum Gasteiger partial charge on any atom is 0.161 e. The Morgan fingerprint density at radius 2 is 1.79 bits per heavy atom. The molecule has 0 aliphatic heterocycles. The van der Waals surface area contributed by atoms with E-state index in [0.29, 0.717) is 16.5 Å². The van der Waals surface area contributed by atoms with E-state index >= 15 is 0 Å². The summed E-state index contributed by atoms with van der Waals surface area (Å²) in [4.78, 5) is 0.943. The Bertz CT molecular complexity index is 581. The standard InChI is InChI=1S/C14H14Cl2O2S/c1-8-6-11(17-2)12(18-3)7-9(8)13(16)14-10(15)4-5-19-14/h4-7,13H,1-3H3. The second-order valence-electron chi connectivity index (χ2n) is 4.06. The highest BCUT2D eigenvalue weighted by molar-refractivity contribution is 7.11. The molecule has 2 aromatic rings. The van der Waals surface area contributed by atoms with Crippen LogP contribution >= 0.6 is 34.5 Å². The van der Waals surface area contributed by atoms with Gasteiger partial charge in [-0.2, -0.15) is 0 Å². The number of aryl methyl sites for hydroxylation is 1. The van der Waals surface area contributed by atoms with Gasteiger partial charge in [-0.1, -0.05) is 11.6 Å². The van der Waals surface area contributed by atoms with Crippen LogP contribution in [0, 0.1) is 6.92 Å². The van der Waals surface area contributed by atoms with E-state index in [1.807, 2.05) is 30.5 Å². The molecule has 0 fully saturated rings. The molecule has 0 bridgehead atoms. The first-order chi connectivity index (χ1) is 9.08. The van der Waals surface area contributed by atoms with Crippen LogP contribution in [0.3, 0.4) is 0 Å². The minimum absolute atomic E-state index is 0.285. The molecule has 1 aromatic heterocycles. The molecule has 102 valence electrons. The van der Waals surface area contributed by atoms with E-state index in [0.717, 1.165) is 16.0 Å². The second-order valence-corrected chi connectivity index (χ2v) is 5.85. The number of alkyl halides is 1. The number of benzene rings is 1. The van der Waals surface area contributed by atoms with Gasteiger partial charge in [-0.15, -0.1) is 22.9 Å². The summed E-state index contributed by atoms with van der Waals surface area (Å²) in [7, 11) is 3.23. The van der Waals surface area contributed by atoms with E-state index in [4.69, 9.17) is 32.7 Å². The van der Waals surface area contributed by atoms with Crippen molar-refractivity contribution < 1.29 is 9.47 Å². The normalized spacial score (nSPS) is 12.3. The van der Waals surface area contributed by atoms with Crippen LogP contribution in [0.15, 0.2) is 23.6 Å². The minimum Gasteiger partial charge on any atom is -0.493 e. The topological polar surface area (TPSA) is 18.5 Å². The Labute approximate surface area is 126 Å². The average molecular weight is 317 g/mol. The molecule has 0 radical (unpaired) electrons. The molecular formula is C14H14Cl2O2S. The van der Waals surface area contributed by atoms with Crippen molar-refractivity contribution in [3.05, 3.63) is 44.6 Å². The summed E-state index contributed by atoms with van der Waals surface area (Å²) in [6, 6.07) is 5.68. The molecule has 0 amide bonds. The van der Waals surface area contributed by atoms with Gasteiger partial charge in [-0.3, -0.25) is 0 Å². The lowest BCUT2D eigenvalue weighted by Gasteiger charge is -2.16. The lowest BCUT2D eigenvalue weighted by molar-refractivity contribution is 0.354. The van der Waals surface area contributed by atoms with Crippen LogP contribution < -0.4 is 9.47 Å². The summed E-state index contributed by atoms with van der Waals surface area (Å²) in [5.41, 5.74) is 2.02. The SMILES string of the molecule is COc1cc(C)c(C(Cl)c2sccc2Cl)cc1OC. The molecule has 2 nitrogen and oxygen atoms in total. The Morgan fingerprint density at radius 3 is 2.32 bits per heavy atom. The van der Waals surface area contributed by atoms with Gasteiger partial charge in [0.15, 0.2) is 11.5 Å². The number of halogens is 2. The summed E-state index contributed by atoms with van der Waals surface area (Å²) in [5, 5.41) is 2.34. The van der Waals surface area contributed by atoms with Crippen molar-refractivity contribution in [3.8, 4) is 11.5 Å². The van der Waals surface area contributed by atoms with Gasteiger partial charge in [0.2, 0.25) is 0 Å².